The second kappa shape index (κ2) is 9.83. The number of likely N-dealkylation sites (tertiary alicyclic amines) is 1. The molecule has 2 heterocycles. The van der Waals surface area contributed by atoms with Gasteiger partial charge in [0.05, 0.1) is 0 Å². The van der Waals surface area contributed by atoms with Gasteiger partial charge < -0.3 is 15.7 Å². The van der Waals surface area contributed by atoms with Gasteiger partial charge in [-0.1, -0.05) is 6.08 Å². The van der Waals surface area contributed by atoms with Crippen molar-refractivity contribution in [2.24, 2.45) is 5.73 Å². The Morgan fingerprint density at radius 2 is 1.71 bits per heavy atom. The smallest absolute Gasteiger partial charge is 0.325 e. The highest BCUT2D eigenvalue weighted by molar-refractivity contribution is 5.95. The highest BCUT2D eigenvalue weighted by atomic mass is 16.4. The molecule has 4 rings (SSSR count). The molecule has 0 bridgehead atoms. The summed E-state index contributed by atoms with van der Waals surface area (Å²) in [5.41, 5.74) is 8.63. The van der Waals surface area contributed by atoms with Crippen LogP contribution in [-0.4, -0.2) is 78.1 Å². The van der Waals surface area contributed by atoms with Crippen molar-refractivity contribution in [3.05, 3.63) is 41.5 Å². The number of allylic oxidation sites excluding steroid dienone is 1. The summed E-state index contributed by atoms with van der Waals surface area (Å²) in [5.74, 6) is -0.580. The van der Waals surface area contributed by atoms with Gasteiger partial charge in [-0.25, -0.2) is 0 Å². The molecule has 1 unspecified atom stereocenters. The zero-order chi connectivity index (χ0) is 21.8. The minimum Gasteiger partial charge on any atom is -0.480 e. The van der Waals surface area contributed by atoms with E-state index in [1.54, 1.807) is 0 Å². The van der Waals surface area contributed by atoms with E-state index in [1.807, 2.05) is 12.1 Å². The number of carbonyl (C=O) groups is 1. The van der Waals surface area contributed by atoms with Gasteiger partial charge in [0.15, 0.2) is 0 Å². The number of piperazine rings is 1. The normalized spacial score (nSPS) is 22.7. The Balaban J connectivity index is 1.28. The summed E-state index contributed by atoms with van der Waals surface area (Å²) in [6.45, 7) is 5.78. The monoisotopic (exact) mass is 425 g/mol. The van der Waals surface area contributed by atoms with Crippen molar-refractivity contribution >= 4 is 17.5 Å². The van der Waals surface area contributed by atoms with Crippen molar-refractivity contribution in [3.8, 4) is 0 Å². The van der Waals surface area contributed by atoms with Crippen LogP contribution in [0.25, 0.3) is 0 Å². The Bertz CT molecular complexity index is 806. The molecule has 3 aliphatic rings. The van der Waals surface area contributed by atoms with E-state index in [2.05, 4.69) is 32.9 Å². The molecular weight excluding hydrogens is 390 g/mol. The van der Waals surface area contributed by atoms with Crippen molar-refractivity contribution in [2.45, 2.75) is 50.6 Å². The van der Waals surface area contributed by atoms with Gasteiger partial charge >= 0.3 is 5.97 Å². The molecule has 2 fully saturated rings. The van der Waals surface area contributed by atoms with E-state index in [9.17, 15) is 9.90 Å². The van der Waals surface area contributed by atoms with Crippen LogP contribution in [0.1, 0.15) is 44.1 Å². The molecule has 2 aliphatic heterocycles. The van der Waals surface area contributed by atoms with Gasteiger partial charge in [0, 0.05) is 56.6 Å². The molecule has 1 aromatic rings. The Hall–Kier alpha value is -2.38. The molecule has 7 nitrogen and oxygen atoms in total. The predicted octanol–water partition coefficient (Wildman–Crippen LogP) is 2.51. The minimum atomic E-state index is -0.684. The summed E-state index contributed by atoms with van der Waals surface area (Å²) in [7, 11) is 0. The molecule has 168 valence electrons. The van der Waals surface area contributed by atoms with Crippen LogP contribution in [0.4, 0.5) is 5.69 Å². The molecular formula is C24H35N5O2. The number of carboxylic acids is 1. The molecule has 0 radical (unpaired) electrons. The van der Waals surface area contributed by atoms with Crippen LogP contribution < -0.4 is 10.6 Å². The Labute approximate surface area is 185 Å². The molecule has 0 amide bonds. The highest BCUT2D eigenvalue weighted by Gasteiger charge is 2.34. The molecule has 4 N–H and O–H groups in total. The van der Waals surface area contributed by atoms with Crippen LogP contribution in [0.2, 0.25) is 0 Å². The topological polar surface area (TPSA) is 96.9 Å². The first-order valence-electron chi connectivity index (χ1n) is 11.6. The van der Waals surface area contributed by atoms with E-state index in [0.717, 1.165) is 82.5 Å². The first-order chi connectivity index (χ1) is 15.0. The molecule has 2 saturated heterocycles. The number of carboxylic acid groups (broad SMARTS) is 1. The van der Waals surface area contributed by atoms with Crippen molar-refractivity contribution < 1.29 is 9.90 Å². The van der Waals surface area contributed by atoms with E-state index in [1.165, 1.54) is 12.1 Å². The molecule has 0 aromatic heterocycles. The number of aliphatic carboxylic acids is 1. The number of amidine groups is 1. The molecule has 1 aromatic carbocycles. The average Bonchev–Trinajstić information content (AvgIpc) is 2.80. The second-order valence-electron chi connectivity index (χ2n) is 9.02. The van der Waals surface area contributed by atoms with Crippen molar-refractivity contribution in [2.75, 3.05) is 44.2 Å². The second-order valence-corrected chi connectivity index (χ2v) is 9.02. The molecule has 7 heteroatoms. The number of nitrogens with one attached hydrogen (secondary N) is 1. The van der Waals surface area contributed by atoms with Crippen LogP contribution in [0.15, 0.2) is 35.9 Å². The third-order valence-corrected chi connectivity index (χ3v) is 7.15. The highest BCUT2D eigenvalue weighted by Crippen LogP contribution is 2.28. The Morgan fingerprint density at radius 3 is 2.26 bits per heavy atom. The quantitative estimate of drug-likeness (QED) is 0.368. The summed E-state index contributed by atoms with van der Waals surface area (Å²) in [6, 6.07) is 8.07. The SMILES string of the molecule is N=C(N)c1ccc(N2CCN(C3CCN(C(C(=O)O)C4=CCCCC4)CC3)CC2)cc1. The largest absolute Gasteiger partial charge is 0.480 e. The van der Waals surface area contributed by atoms with E-state index in [-0.39, 0.29) is 5.84 Å². The van der Waals surface area contributed by atoms with Crippen LogP contribution in [0.5, 0.6) is 0 Å². The van der Waals surface area contributed by atoms with Gasteiger partial charge in [-0.2, -0.15) is 0 Å². The lowest BCUT2D eigenvalue weighted by molar-refractivity contribution is -0.142. The van der Waals surface area contributed by atoms with Crippen LogP contribution in [0, 0.1) is 5.41 Å². The van der Waals surface area contributed by atoms with E-state index in [0.29, 0.717) is 6.04 Å². The molecule has 0 spiro atoms. The molecule has 31 heavy (non-hydrogen) atoms. The molecule has 1 aliphatic carbocycles. The Morgan fingerprint density at radius 1 is 1.03 bits per heavy atom. The van der Waals surface area contributed by atoms with Gasteiger partial charge in [0.1, 0.15) is 11.9 Å². The molecule has 0 saturated carbocycles. The van der Waals surface area contributed by atoms with Gasteiger partial charge in [-0.15, -0.1) is 0 Å². The third kappa shape index (κ3) is 5.10. The number of benzene rings is 1. The van der Waals surface area contributed by atoms with Crippen LogP contribution in [-0.2, 0) is 4.79 Å². The van der Waals surface area contributed by atoms with Crippen LogP contribution >= 0.6 is 0 Å². The van der Waals surface area contributed by atoms with Crippen molar-refractivity contribution in [1.82, 2.24) is 9.80 Å². The van der Waals surface area contributed by atoms with Gasteiger partial charge in [-0.05, 0) is 68.4 Å². The number of hydrogen-bond acceptors (Lipinski definition) is 5. The summed E-state index contributed by atoms with van der Waals surface area (Å²) < 4.78 is 0. The zero-order valence-corrected chi connectivity index (χ0v) is 18.3. The fourth-order valence-corrected chi connectivity index (χ4v) is 5.37. The van der Waals surface area contributed by atoms with E-state index < -0.39 is 12.0 Å². The number of anilines is 1. The van der Waals surface area contributed by atoms with E-state index in [4.69, 9.17) is 11.1 Å². The lowest BCUT2D eigenvalue weighted by Crippen LogP contribution is -2.55. The summed E-state index contributed by atoms with van der Waals surface area (Å²) >= 11 is 0. The minimum absolute atomic E-state index is 0.104. The maximum Gasteiger partial charge on any atom is 0.325 e. The van der Waals surface area contributed by atoms with Crippen molar-refractivity contribution in [3.63, 3.8) is 0 Å². The summed E-state index contributed by atoms with van der Waals surface area (Å²) in [5, 5.41) is 17.4. The number of piperidine rings is 1. The van der Waals surface area contributed by atoms with Crippen LogP contribution in [0.3, 0.4) is 0 Å². The summed E-state index contributed by atoms with van der Waals surface area (Å²) in [4.78, 5) is 19.2. The number of nitrogen functional groups attached to an aromatic ring is 1. The number of hydrogen-bond donors (Lipinski definition) is 3. The first kappa shape index (κ1) is 21.8. The maximum absolute atomic E-state index is 12.0. The number of nitrogens with zero attached hydrogens (tertiary/aromatic N) is 3. The number of nitrogens with two attached hydrogens (primary N) is 1. The maximum atomic E-state index is 12.0. The van der Waals surface area contributed by atoms with Gasteiger partial charge in [0.25, 0.3) is 0 Å². The summed E-state index contributed by atoms with van der Waals surface area (Å²) in [6.07, 6.45) is 8.54. The zero-order valence-electron chi connectivity index (χ0n) is 18.3. The van der Waals surface area contributed by atoms with Crippen molar-refractivity contribution in [1.29, 1.82) is 5.41 Å². The molecule has 1 atom stereocenters. The lowest BCUT2D eigenvalue weighted by Gasteiger charge is -2.44. The van der Waals surface area contributed by atoms with Gasteiger partial charge in [0.2, 0.25) is 0 Å². The Kier molecular flexibility index (Phi) is 6.92. The van der Waals surface area contributed by atoms with Gasteiger partial charge in [-0.3, -0.25) is 20.0 Å². The lowest BCUT2D eigenvalue weighted by atomic mass is 9.91. The fraction of sp³-hybridized carbons (Fsp3) is 0.583. The third-order valence-electron chi connectivity index (χ3n) is 7.15. The number of rotatable bonds is 6. The fourth-order valence-electron chi connectivity index (χ4n) is 5.37. The first-order valence-corrected chi connectivity index (χ1v) is 11.6. The predicted molar refractivity (Wildman–Crippen MR) is 124 cm³/mol. The standard InChI is InChI=1S/C24H35N5O2/c25-23(26)19-6-8-20(9-7-19)27-14-16-28(17-15-27)21-10-12-29(13-11-21)22(24(30)31)18-4-2-1-3-5-18/h4,6-9,21-22H,1-3,5,10-17H2,(H3,25,26)(H,30,31). The van der Waals surface area contributed by atoms with E-state index >= 15 is 0 Å². The average molecular weight is 426 g/mol.